The van der Waals surface area contributed by atoms with Crippen LogP contribution in [0.1, 0.15) is 28.8 Å². The first-order valence-corrected chi connectivity index (χ1v) is 14.4. The van der Waals surface area contributed by atoms with Crippen LogP contribution in [-0.4, -0.2) is 64.9 Å². The van der Waals surface area contributed by atoms with Gasteiger partial charge < -0.3 is 27.3 Å². The molecule has 0 aliphatic carbocycles. The number of nitrogen functional groups attached to an aromatic ring is 3. The summed E-state index contributed by atoms with van der Waals surface area (Å²) in [4.78, 5) is 21.4. The fraction of sp³-hybridized carbons (Fsp3) is 0.231. The molecule has 4 aromatic rings. The van der Waals surface area contributed by atoms with Crippen LogP contribution in [0.4, 0.5) is 39.2 Å². The highest BCUT2D eigenvalue weighted by Gasteiger charge is 2.30. The second-order valence-electron chi connectivity index (χ2n) is 9.56. The fourth-order valence-electron chi connectivity index (χ4n) is 4.50. The van der Waals surface area contributed by atoms with Gasteiger partial charge in [-0.25, -0.2) is 17.8 Å². The summed E-state index contributed by atoms with van der Waals surface area (Å²) in [7, 11) is -2.45. The van der Waals surface area contributed by atoms with Gasteiger partial charge in [-0.3, -0.25) is 9.89 Å². The number of hydrogen-bond acceptors (Lipinski definition) is 13. The molecule has 15 nitrogen and oxygen atoms in total. The van der Waals surface area contributed by atoms with Crippen LogP contribution in [0.3, 0.4) is 0 Å². The highest BCUT2D eigenvalue weighted by Crippen LogP contribution is 2.30. The number of azo groups is 1. The van der Waals surface area contributed by atoms with Crippen molar-refractivity contribution in [2.24, 2.45) is 10.2 Å². The minimum atomic E-state index is -3.82. The largest absolute Gasteiger partial charge is 0.496 e. The highest BCUT2D eigenvalue weighted by molar-refractivity contribution is 7.89. The lowest BCUT2D eigenvalue weighted by atomic mass is 10.0. The van der Waals surface area contributed by atoms with Crippen molar-refractivity contribution >= 4 is 50.6 Å². The lowest BCUT2D eigenvalue weighted by molar-refractivity contribution is 0.103. The number of H-pyrrole nitrogens is 1. The van der Waals surface area contributed by atoms with Crippen LogP contribution in [0.15, 0.2) is 63.8 Å². The SMILES string of the molecule is COc1ccc(F)cc1C(=O)c1cnc(NC2CCN(S(=O)(=O)c3cccc(/N=N/c4c(N)n[nH]c4N)c3)CC2)nc1N. The van der Waals surface area contributed by atoms with E-state index in [0.29, 0.717) is 18.5 Å². The van der Waals surface area contributed by atoms with E-state index in [1.54, 1.807) is 12.1 Å². The Morgan fingerprint density at radius 3 is 2.53 bits per heavy atom. The van der Waals surface area contributed by atoms with E-state index in [4.69, 9.17) is 21.9 Å². The molecule has 0 radical (unpaired) electrons. The van der Waals surface area contributed by atoms with Crippen LogP contribution in [-0.2, 0) is 10.0 Å². The summed E-state index contributed by atoms with van der Waals surface area (Å²) in [5.41, 5.74) is 17.9. The molecule has 0 atom stereocenters. The molecule has 0 spiro atoms. The van der Waals surface area contributed by atoms with Gasteiger partial charge in [-0.2, -0.15) is 19.5 Å². The Bertz CT molecular complexity index is 1790. The Hall–Kier alpha value is -5.16. The molecule has 3 heterocycles. The van der Waals surface area contributed by atoms with Crippen LogP contribution in [0.5, 0.6) is 5.75 Å². The van der Waals surface area contributed by atoms with Crippen LogP contribution in [0.2, 0.25) is 0 Å². The van der Waals surface area contributed by atoms with Gasteiger partial charge in [0.25, 0.3) is 0 Å². The summed E-state index contributed by atoms with van der Waals surface area (Å²) < 4.78 is 47.0. The van der Waals surface area contributed by atoms with Gasteiger partial charge in [-0.1, -0.05) is 6.07 Å². The van der Waals surface area contributed by atoms with E-state index in [1.807, 2.05) is 0 Å². The summed E-state index contributed by atoms with van der Waals surface area (Å²) in [6.07, 6.45) is 2.18. The average molecular weight is 610 g/mol. The number of nitrogens with zero attached hydrogens (tertiary/aromatic N) is 6. The van der Waals surface area contributed by atoms with Crippen LogP contribution < -0.4 is 27.3 Å². The zero-order chi connectivity index (χ0) is 30.7. The number of carbonyl (C=O) groups excluding carboxylic acids is 1. The van der Waals surface area contributed by atoms with Gasteiger partial charge in [0.15, 0.2) is 11.5 Å². The molecule has 224 valence electrons. The Balaban J connectivity index is 1.22. The number of aromatic nitrogens is 4. The topological polar surface area (TPSA) is 233 Å². The van der Waals surface area contributed by atoms with Gasteiger partial charge in [-0.05, 0) is 49.2 Å². The summed E-state index contributed by atoms with van der Waals surface area (Å²) in [5, 5.41) is 17.4. The molecule has 2 aromatic heterocycles. The maximum absolute atomic E-state index is 13.8. The molecule has 1 aliphatic rings. The Labute approximate surface area is 245 Å². The van der Waals surface area contributed by atoms with E-state index in [9.17, 15) is 17.6 Å². The molecule has 0 bridgehead atoms. The third kappa shape index (κ3) is 6.21. The molecular weight excluding hydrogens is 581 g/mol. The van der Waals surface area contributed by atoms with E-state index in [2.05, 4.69) is 35.7 Å². The molecular formula is C26H28FN11O4S. The number of aromatic amines is 1. The van der Waals surface area contributed by atoms with Gasteiger partial charge in [0.1, 0.15) is 23.2 Å². The van der Waals surface area contributed by atoms with Crippen LogP contribution >= 0.6 is 0 Å². The molecule has 8 N–H and O–H groups in total. The maximum Gasteiger partial charge on any atom is 0.243 e. The van der Waals surface area contributed by atoms with Gasteiger partial charge in [-0.15, -0.1) is 5.11 Å². The molecule has 1 aliphatic heterocycles. The quantitative estimate of drug-likeness (QED) is 0.137. The Kier molecular flexibility index (Phi) is 8.18. The first-order valence-electron chi connectivity index (χ1n) is 13.0. The standard InChI is InChI=1S/C26H28FN11O4S/c1-42-20-6-5-14(27)11-18(20)22(39)19-13-31-26(33-23(19)28)32-15-7-9-38(10-8-15)43(40,41)17-4-2-3-16(12-17)34-35-21-24(29)36-37-25(21)30/h2-6,11-13,15H,7-10H2,1H3,(H3,28,31,32,33)(H5,29,30,36,37)/b35-34+. The van der Waals surface area contributed by atoms with Crippen molar-refractivity contribution in [3.05, 3.63) is 65.6 Å². The number of nitrogens with two attached hydrogens (primary N) is 3. The van der Waals surface area contributed by atoms with Gasteiger partial charge in [0.05, 0.1) is 28.8 Å². The number of piperidine rings is 1. The first kappa shape index (κ1) is 29.3. The van der Waals surface area contributed by atoms with Gasteiger partial charge in [0.2, 0.25) is 21.8 Å². The number of sulfonamides is 1. The molecule has 17 heteroatoms. The van der Waals surface area contributed by atoms with Crippen molar-refractivity contribution in [1.82, 2.24) is 24.5 Å². The molecule has 0 unspecified atom stereocenters. The predicted molar refractivity (Wildman–Crippen MR) is 156 cm³/mol. The van der Waals surface area contributed by atoms with Crippen LogP contribution in [0, 0.1) is 5.82 Å². The minimum absolute atomic E-state index is 0.00571. The summed E-state index contributed by atoms with van der Waals surface area (Å²) >= 11 is 0. The average Bonchev–Trinajstić information content (AvgIpc) is 3.32. The van der Waals surface area contributed by atoms with Crippen molar-refractivity contribution < 1.29 is 22.3 Å². The lowest BCUT2D eigenvalue weighted by Gasteiger charge is -2.31. The van der Waals surface area contributed by atoms with Crippen molar-refractivity contribution in [3.8, 4) is 5.75 Å². The number of benzene rings is 2. The second-order valence-corrected chi connectivity index (χ2v) is 11.5. The predicted octanol–water partition coefficient (Wildman–Crippen LogP) is 3.01. The van der Waals surface area contributed by atoms with E-state index in [1.165, 1.54) is 41.9 Å². The highest BCUT2D eigenvalue weighted by atomic mass is 32.2. The lowest BCUT2D eigenvalue weighted by Crippen LogP contribution is -2.42. The fourth-order valence-corrected chi connectivity index (χ4v) is 6.01. The number of ketones is 1. The van der Waals surface area contributed by atoms with Gasteiger partial charge >= 0.3 is 0 Å². The Morgan fingerprint density at radius 2 is 1.86 bits per heavy atom. The number of halogens is 1. The molecule has 5 rings (SSSR count). The van der Waals surface area contributed by atoms with E-state index in [-0.39, 0.29) is 70.0 Å². The summed E-state index contributed by atoms with van der Waals surface area (Å²) in [6, 6.07) is 9.50. The summed E-state index contributed by atoms with van der Waals surface area (Å²) in [6.45, 7) is 0.471. The third-order valence-corrected chi connectivity index (χ3v) is 8.67. The van der Waals surface area contributed by atoms with E-state index >= 15 is 0 Å². The van der Waals surface area contributed by atoms with Gasteiger partial charge in [0, 0.05) is 25.3 Å². The first-order chi connectivity index (χ1) is 20.6. The second kappa shape index (κ2) is 12.0. The number of hydrogen-bond donors (Lipinski definition) is 5. The summed E-state index contributed by atoms with van der Waals surface area (Å²) in [5.74, 6) is -0.695. The number of ether oxygens (including phenoxy) is 1. The Morgan fingerprint density at radius 1 is 1.09 bits per heavy atom. The van der Waals surface area contributed by atoms with Crippen LogP contribution in [0.25, 0.3) is 0 Å². The minimum Gasteiger partial charge on any atom is -0.496 e. The normalized spacial score (nSPS) is 14.7. The van der Waals surface area contributed by atoms with Crippen molar-refractivity contribution in [3.63, 3.8) is 0 Å². The number of rotatable bonds is 9. The molecule has 43 heavy (non-hydrogen) atoms. The zero-order valence-corrected chi connectivity index (χ0v) is 23.7. The van der Waals surface area contributed by atoms with E-state index in [0.717, 1.165) is 6.07 Å². The maximum atomic E-state index is 13.8. The number of carbonyl (C=O) groups is 1. The number of anilines is 4. The molecule has 0 saturated carbocycles. The van der Waals surface area contributed by atoms with E-state index < -0.39 is 21.6 Å². The molecule has 1 saturated heterocycles. The number of methoxy groups -OCH3 is 1. The molecule has 2 aromatic carbocycles. The molecule has 1 fully saturated rings. The third-order valence-electron chi connectivity index (χ3n) is 6.77. The van der Waals surface area contributed by atoms with Crippen molar-refractivity contribution in [2.75, 3.05) is 42.7 Å². The molecule has 0 amide bonds. The smallest absolute Gasteiger partial charge is 0.243 e. The zero-order valence-electron chi connectivity index (χ0n) is 22.9. The monoisotopic (exact) mass is 609 g/mol. The van der Waals surface area contributed by atoms with Crippen molar-refractivity contribution in [1.29, 1.82) is 0 Å². The van der Waals surface area contributed by atoms with Crippen molar-refractivity contribution in [2.45, 2.75) is 23.8 Å². The number of nitrogens with one attached hydrogen (secondary N) is 2.